The number of hydrogen-bond donors (Lipinski definition) is 0. The van der Waals surface area contributed by atoms with Gasteiger partial charge in [-0.1, -0.05) is 6.08 Å². The largest absolute Gasteiger partial charge is 0.465 e. The third kappa shape index (κ3) is 1.98. The zero-order chi connectivity index (χ0) is 19.2. The van der Waals surface area contributed by atoms with Crippen LogP contribution in [-0.2, 0) is 33.7 Å². The second-order valence-corrected chi connectivity index (χ2v) is 8.26. The lowest BCUT2D eigenvalue weighted by atomic mass is 9.83. The Morgan fingerprint density at radius 1 is 1.21 bits per heavy atom. The van der Waals surface area contributed by atoms with Gasteiger partial charge in [0.15, 0.2) is 0 Å². The maximum absolute atomic E-state index is 14.5. The van der Waals surface area contributed by atoms with Crippen LogP contribution in [0.2, 0.25) is 0 Å². The van der Waals surface area contributed by atoms with Crippen molar-refractivity contribution in [2.75, 3.05) is 6.61 Å². The van der Waals surface area contributed by atoms with Crippen LogP contribution in [0.4, 0.5) is 4.39 Å². The van der Waals surface area contributed by atoms with E-state index in [1.807, 2.05) is 13.0 Å². The van der Waals surface area contributed by atoms with Gasteiger partial charge in [-0.05, 0) is 42.9 Å². The van der Waals surface area contributed by atoms with E-state index < -0.39 is 0 Å². The molecule has 6 rings (SSSR count). The average molecular weight is 378 g/mol. The van der Waals surface area contributed by atoms with Crippen molar-refractivity contribution in [1.29, 1.82) is 0 Å². The summed E-state index contributed by atoms with van der Waals surface area (Å²) in [6, 6.07) is 1.53. The molecule has 4 aliphatic rings. The number of carbonyl (C=O) groups is 2. The minimum absolute atomic E-state index is 0.00245. The molecule has 3 aliphatic heterocycles. The van der Waals surface area contributed by atoms with Gasteiger partial charge in [0.05, 0.1) is 35.8 Å². The molecule has 2 unspecified atom stereocenters. The second kappa shape index (κ2) is 5.40. The highest BCUT2D eigenvalue weighted by Gasteiger charge is 2.45. The van der Waals surface area contributed by atoms with Gasteiger partial charge in [0.1, 0.15) is 12.4 Å². The summed E-state index contributed by atoms with van der Waals surface area (Å²) in [6.07, 6.45) is 4.99. The number of halogens is 1. The van der Waals surface area contributed by atoms with Crippen molar-refractivity contribution in [3.63, 3.8) is 0 Å². The molecule has 6 heteroatoms. The summed E-state index contributed by atoms with van der Waals surface area (Å²) in [5.41, 5.74) is 6.30. The Bertz CT molecular complexity index is 1140. The lowest BCUT2D eigenvalue weighted by Gasteiger charge is -2.35. The van der Waals surface area contributed by atoms with Crippen LogP contribution in [0.25, 0.3) is 16.6 Å². The zero-order valence-electron chi connectivity index (χ0n) is 15.5. The van der Waals surface area contributed by atoms with Gasteiger partial charge in [0.2, 0.25) is 5.91 Å². The van der Waals surface area contributed by atoms with Gasteiger partial charge in [-0.15, -0.1) is 0 Å². The first-order valence-electron chi connectivity index (χ1n) is 9.85. The lowest BCUT2D eigenvalue weighted by Crippen LogP contribution is -2.44. The Balaban J connectivity index is 1.59. The molecule has 0 bridgehead atoms. The van der Waals surface area contributed by atoms with Crippen molar-refractivity contribution < 1.29 is 18.7 Å². The molecule has 0 radical (unpaired) electrons. The summed E-state index contributed by atoms with van der Waals surface area (Å²) >= 11 is 0. The van der Waals surface area contributed by atoms with E-state index in [9.17, 15) is 14.0 Å². The summed E-state index contributed by atoms with van der Waals surface area (Å²) in [6.45, 7) is 2.49. The van der Waals surface area contributed by atoms with Gasteiger partial charge >= 0.3 is 5.97 Å². The maximum Gasteiger partial charge on any atom is 0.306 e. The number of fused-ring (bicyclic) bond motifs is 5. The molecule has 2 atom stereocenters. The third-order valence-corrected chi connectivity index (χ3v) is 6.82. The van der Waals surface area contributed by atoms with Crippen molar-refractivity contribution in [2.24, 2.45) is 11.8 Å². The second-order valence-electron chi connectivity index (χ2n) is 8.26. The van der Waals surface area contributed by atoms with E-state index in [1.165, 1.54) is 11.6 Å². The molecule has 28 heavy (non-hydrogen) atoms. The number of cyclic esters (lactones) is 1. The molecule has 142 valence electrons. The van der Waals surface area contributed by atoms with Gasteiger partial charge in [0, 0.05) is 22.9 Å². The van der Waals surface area contributed by atoms with Crippen molar-refractivity contribution in [3.05, 3.63) is 45.9 Å². The molecule has 1 aromatic carbocycles. The van der Waals surface area contributed by atoms with E-state index in [2.05, 4.69) is 0 Å². The van der Waals surface area contributed by atoms with Crippen LogP contribution in [0.1, 0.15) is 40.8 Å². The van der Waals surface area contributed by atoms with Crippen molar-refractivity contribution in [2.45, 2.75) is 39.2 Å². The first kappa shape index (κ1) is 16.2. The first-order valence-corrected chi connectivity index (χ1v) is 9.85. The fraction of sp³-hybridized carbons (Fsp3) is 0.409. The third-order valence-electron chi connectivity index (χ3n) is 6.82. The van der Waals surface area contributed by atoms with Crippen LogP contribution in [0.15, 0.2) is 12.1 Å². The number of nitrogens with zero attached hydrogens (tertiary/aromatic N) is 2. The SMILES string of the molecule is Cc1c(F)cc2nc3c(c4c2c1CCC4)CN1C(=O)C2COC(=O)CC2C=C31. The Kier molecular flexibility index (Phi) is 3.13. The van der Waals surface area contributed by atoms with E-state index in [0.29, 0.717) is 17.6 Å². The summed E-state index contributed by atoms with van der Waals surface area (Å²) in [5.74, 6) is -0.938. The monoisotopic (exact) mass is 378 g/mol. The molecule has 1 fully saturated rings. The number of benzene rings is 1. The summed E-state index contributed by atoms with van der Waals surface area (Å²) in [4.78, 5) is 31.4. The smallest absolute Gasteiger partial charge is 0.306 e. The Morgan fingerprint density at radius 3 is 2.89 bits per heavy atom. The van der Waals surface area contributed by atoms with Gasteiger partial charge < -0.3 is 9.64 Å². The van der Waals surface area contributed by atoms with Crippen LogP contribution in [0, 0.1) is 24.6 Å². The average Bonchev–Trinajstić information content (AvgIpc) is 3.05. The van der Waals surface area contributed by atoms with Gasteiger partial charge in [0.25, 0.3) is 0 Å². The molecule has 1 aromatic heterocycles. The van der Waals surface area contributed by atoms with Crippen LogP contribution >= 0.6 is 0 Å². The quantitative estimate of drug-likeness (QED) is 0.661. The van der Waals surface area contributed by atoms with Crippen LogP contribution in [-0.4, -0.2) is 28.4 Å². The fourth-order valence-electron chi connectivity index (χ4n) is 5.37. The van der Waals surface area contributed by atoms with Crippen LogP contribution in [0.3, 0.4) is 0 Å². The van der Waals surface area contributed by atoms with Crippen LogP contribution < -0.4 is 0 Å². The van der Waals surface area contributed by atoms with Gasteiger partial charge in [-0.2, -0.15) is 0 Å². The minimum atomic E-state index is -0.309. The molecule has 1 amide bonds. The number of rotatable bonds is 0. The number of aromatic nitrogens is 1. The predicted molar refractivity (Wildman–Crippen MR) is 99.5 cm³/mol. The number of allylic oxidation sites excluding steroid dienone is 1. The molecule has 5 nitrogen and oxygen atoms in total. The topological polar surface area (TPSA) is 59.5 Å². The highest BCUT2D eigenvalue weighted by molar-refractivity contribution is 5.98. The number of amides is 1. The molecule has 0 saturated carbocycles. The normalized spacial score (nSPS) is 25.2. The van der Waals surface area contributed by atoms with E-state index in [-0.39, 0.29) is 42.6 Å². The number of esters is 1. The molecule has 1 saturated heterocycles. The Hall–Kier alpha value is -2.76. The summed E-state index contributed by atoms with van der Waals surface area (Å²) < 4.78 is 19.6. The van der Waals surface area contributed by atoms with E-state index in [0.717, 1.165) is 47.2 Å². The zero-order valence-corrected chi connectivity index (χ0v) is 15.5. The van der Waals surface area contributed by atoms with E-state index in [4.69, 9.17) is 9.72 Å². The molecule has 0 N–H and O–H groups in total. The lowest BCUT2D eigenvalue weighted by molar-refractivity contribution is -0.157. The molecule has 2 aromatic rings. The minimum Gasteiger partial charge on any atom is -0.465 e. The van der Waals surface area contributed by atoms with Crippen LogP contribution in [0.5, 0.6) is 0 Å². The van der Waals surface area contributed by atoms with E-state index in [1.54, 1.807) is 4.90 Å². The van der Waals surface area contributed by atoms with Gasteiger partial charge in [-0.25, -0.2) is 9.37 Å². The molecule has 0 spiro atoms. The number of pyridine rings is 1. The van der Waals surface area contributed by atoms with Gasteiger partial charge in [-0.3, -0.25) is 9.59 Å². The highest BCUT2D eigenvalue weighted by Crippen LogP contribution is 2.45. The fourth-order valence-corrected chi connectivity index (χ4v) is 5.37. The summed E-state index contributed by atoms with van der Waals surface area (Å²) in [5, 5.41) is 1.08. The molecular formula is C22H19FN2O3. The maximum atomic E-state index is 14.5. The van der Waals surface area contributed by atoms with E-state index >= 15 is 0 Å². The number of aryl methyl sites for hydroxylation is 2. The van der Waals surface area contributed by atoms with Crippen molar-refractivity contribution in [3.8, 4) is 0 Å². The number of carbonyl (C=O) groups excluding carboxylic acids is 2. The Morgan fingerprint density at radius 2 is 2.04 bits per heavy atom. The molecular weight excluding hydrogens is 359 g/mol. The van der Waals surface area contributed by atoms with Crippen molar-refractivity contribution >= 4 is 28.5 Å². The number of ether oxygens (including phenoxy) is 1. The first-order chi connectivity index (χ1) is 13.5. The number of hydrogen-bond acceptors (Lipinski definition) is 4. The molecule has 1 aliphatic carbocycles. The summed E-state index contributed by atoms with van der Waals surface area (Å²) in [7, 11) is 0. The predicted octanol–water partition coefficient (Wildman–Crippen LogP) is 3.05. The highest BCUT2D eigenvalue weighted by atomic mass is 19.1. The molecule has 4 heterocycles. The van der Waals surface area contributed by atoms with Crippen molar-refractivity contribution in [1.82, 2.24) is 9.88 Å². The Labute approximate surface area is 161 Å². The standard InChI is InChI=1S/C22H19FN2O3/c1-10-12-3-2-4-13-14-8-25-18(21(14)24-17(20(12)13)7-16(10)23)5-11-6-19(26)28-9-15(11)22(25)27/h5,7,11,15H,2-4,6,8-9H2,1H3.